The number of rotatable bonds is 2. The van der Waals surface area contributed by atoms with Crippen LogP contribution < -0.4 is 10.2 Å². The first-order valence-electron chi connectivity index (χ1n) is 7.95. The molecule has 8 heteroatoms. The molecule has 1 N–H and O–H groups in total. The third-order valence-corrected chi connectivity index (χ3v) is 5.56. The Kier molecular flexibility index (Phi) is 3.96. The van der Waals surface area contributed by atoms with Crippen molar-refractivity contribution in [1.82, 2.24) is 4.57 Å². The number of aromatic carboxylic acids is 1. The molecule has 6 nitrogen and oxygen atoms in total. The van der Waals surface area contributed by atoms with E-state index in [-0.39, 0.29) is 29.3 Å². The molecule has 0 amide bonds. The van der Waals surface area contributed by atoms with E-state index in [0.717, 1.165) is 11.8 Å². The van der Waals surface area contributed by atoms with Crippen LogP contribution in [0.25, 0.3) is 10.9 Å². The average Bonchev–Trinajstić information content (AvgIpc) is 2.60. The van der Waals surface area contributed by atoms with Crippen LogP contribution in [0.4, 0.5) is 4.39 Å². The highest BCUT2D eigenvalue weighted by Crippen LogP contribution is 2.42. The summed E-state index contributed by atoms with van der Waals surface area (Å²) >= 11 is 1.67. The Bertz CT molecular complexity index is 935. The van der Waals surface area contributed by atoms with E-state index in [4.69, 9.17) is 9.47 Å². The van der Waals surface area contributed by atoms with E-state index < -0.39 is 23.3 Å². The molecule has 132 valence electrons. The van der Waals surface area contributed by atoms with Crippen LogP contribution in [0.1, 0.15) is 35.0 Å². The number of carboxylic acids is 1. The van der Waals surface area contributed by atoms with Gasteiger partial charge in [0.1, 0.15) is 18.0 Å². The molecule has 2 aromatic rings. The summed E-state index contributed by atoms with van der Waals surface area (Å²) in [7, 11) is 0. The second-order valence-electron chi connectivity index (χ2n) is 6.18. The molecular formula is C17H16FNO5S. The molecule has 2 unspecified atom stereocenters. The topological polar surface area (TPSA) is 77.8 Å². The smallest absolute Gasteiger partial charge is 0.341 e. The standard InChI is InChI=1S/C17H16FNO5S/c1-8-6-24-16-13(12-7-25-3-2-23-12)11(18)4-9-14(16)19(8)5-10(15(9)20)17(21)22/h4-5,8,12H,2-3,6-7H2,1H3,(H,21,22). The second kappa shape index (κ2) is 6.03. The maximum Gasteiger partial charge on any atom is 0.341 e. The van der Waals surface area contributed by atoms with Crippen molar-refractivity contribution in [3.63, 3.8) is 0 Å². The highest BCUT2D eigenvalue weighted by Gasteiger charge is 2.32. The van der Waals surface area contributed by atoms with Gasteiger partial charge in [-0.1, -0.05) is 0 Å². The number of hydrogen-bond donors (Lipinski definition) is 1. The van der Waals surface area contributed by atoms with E-state index in [9.17, 15) is 19.1 Å². The summed E-state index contributed by atoms with van der Waals surface area (Å²) < 4.78 is 28.0. The van der Waals surface area contributed by atoms with Crippen LogP contribution in [0.5, 0.6) is 5.75 Å². The SMILES string of the molecule is CC1COc2c(C3CSCCO3)c(F)cc3c(=O)c(C(=O)O)cn1c23. The zero-order valence-electron chi connectivity index (χ0n) is 13.5. The van der Waals surface area contributed by atoms with Gasteiger partial charge >= 0.3 is 5.97 Å². The van der Waals surface area contributed by atoms with Crippen molar-refractivity contribution in [2.75, 3.05) is 24.7 Å². The summed E-state index contributed by atoms with van der Waals surface area (Å²) in [6.07, 6.45) is 0.872. The zero-order valence-corrected chi connectivity index (χ0v) is 14.3. The molecule has 0 bridgehead atoms. The van der Waals surface area contributed by atoms with E-state index in [1.165, 1.54) is 6.20 Å². The van der Waals surface area contributed by atoms with Gasteiger partial charge in [0, 0.05) is 17.7 Å². The lowest BCUT2D eigenvalue weighted by atomic mass is 10.0. The predicted octanol–water partition coefficient (Wildman–Crippen LogP) is 2.60. The summed E-state index contributed by atoms with van der Waals surface area (Å²) in [5, 5.41) is 9.30. The van der Waals surface area contributed by atoms with E-state index >= 15 is 0 Å². The maximum absolute atomic E-state index is 14.9. The molecule has 0 saturated carbocycles. The third kappa shape index (κ3) is 2.51. The van der Waals surface area contributed by atoms with Crippen LogP contribution in [-0.4, -0.2) is 40.4 Å². The molecular weight excluding hydrogens is 349 g/mol. The highest BCUT2D eigenvalue weighted by atomic mass is 32.2. The lowest BCUT2D eigenvalue weighted by molar-refractivity contribution is 0.0686. The molecule has 2 aliphatic heterocycles. The number of halogens is 1. The molecule has 0 aliphatic carbocycles. The molecule has 4 rings (SSSR count). The molecule has 0 spiro atoms. The molecule has 1 aromatic heterocycles. The Morgan fingerprint density at radius 1 is 1.48 bits per heavy atom. The zero-order chi connectivity index (χ0) is 17.7. The second-order valence-corrected chi connectivity index (χ2v) is 7.33. The van der Waals surface area contributed by atoms with Gasteiger partial charge in [-0.25, -0.2) is 9.18 Å². The summed E-state index contributed by atoms with van der Waals surface area (Å²) in [6, 6.07) is 0.942. The first-order valence-corrected chi connectivity index (χ1v) is 9.11. The van der Waals surface area contributed by atoms with Crippen molar-refractivity contribution in [3.8, 4) is 5.75 Å². The summed E-state index contributed by atoms with van der Waals surface area (Å²) in [5.74, 6) is -0.185. The van der Waals surface area contributed by atoms with E-state index in [0.29, 0.717) is 23.4 Å². The van der Waals surface area contributed by atoms with Gasteiger partial charge in [0.25, 0.3) is 0 Å². The van der Waals surface area contributed by atoms with Crippen molar-refractivity contribution in [2.24, 2.45) is 0 Å². The molecule has 25 heavy (non-hydrogen) atoms. The van der Waals surface area contributed by atoms with Gasteiger partial charge in [-0.2, -0.15) is 11.8 Å². The third-order valence-electron chi connectivity index (χ3n) is 4.57. The fraction of sp³-hybridized carbons (Fsp3) is 0.412. The number of nitrogens with zero attached hydrogens (tertiary/aromatic N) is 1. The minimum Gasteiger partial charge on any atom is -0.489 e. The van der Waals surface area contributed by atoms with Crippen molar-refractivity contribution >= 4 is 28.6 Å². The predicted molar refractivity (Wildman–Crippen MR) is 91.3 cm³/mol. The molecule has 1 fully saturated rings. The van der Waals surface area contributed by atoms with Gasteiger partial charge in [0.15, 0.2) is 5.75 Å². The molecule has 3 heterocycles. The van der Waals surface area contributed by atoms with Gasteiger partial charge in [0.05, 0.1) is 35.2 Å². The quantitative estimate of drug-likeness (QED) is 0.881. The van der Waals surface area contributed by atoms with Crippen LogP contribution in [0, 0.1) is 5.82 Å². The molecule has 1 saturated heterocycles. The minimum absolute atomic E-state index is 0.0196. The van der Waals surface area contributed by atoms with Crippen LogP contribution >= 0.6 is 11.8 Å². The van der Waals surface area contributed by atoms with E-state index in [2.05, 4.69) is 0 Å². The van der Waals surface area contributed by atoms with Crippen LogP contribution in [-0.2, 0) is 4.74 Å². The lowest BCUT2D eigenvalue weighted by Gasteiger charge is -2.31. The Balaban J connectivity index is 2.06. The number of aromatic nitrogens is 1. The van der Waals surface area contributed by atoms with Crippen molar-refractivity contribution in [1.29, 1.82) is 0 Å². The van der Waals surface area contributed by atoms with Gasteiger partial charge in [-0.3, -0.25) is 4.79 Å². The Morgan fingerprint density at radius 3 is 2.96 bits per heavy atom. The number of pyridine rings is 1. The van der Waals surface area contributed by atoms with Gasteiger partial charge < -0.3 is 19.1 Å². The van der Waals surface area contributed by atoms with Gasteiger partial charge in [-0.15, -0.1) is 0 Å². The number of benzene rings is 1. The molecule has 0 radical (unpaired) electrons. The largest absolute Gasteiger partial charge is 0.489 e. The first-order chi connectivity index (χ1) is 12.0. The number of carboxylic acid groups (broad SMARTS) is 1. The molecule has 2 aliphatic rings. The molecule has 1 aromatic carbocycles. The lowest BCUT2D eigenvalue weighted by Crippen LogP contribution is -2.28. The van der Waals surface area contributed by atoms with Crippen molar-refractivity contribution in [2.45, 2.75) is 19.1 Å². The summed E-state index contributed by atoms with van der Waals surface area (Å²) in [4.78, 5) is 23.9. The van der Waals surface area contributed by atoms with Crippen LogP contribution in [0.2, 0.25) is 0 Å². The Labute approximate surface area is 146 Å². The normalized spacial score (nSPS) is 22.6. The van der Waals surface area contributed by atoms with Gasteiger partial charge in [-0.05, 0) is 13.0 Å². The first kappa shape index (κ1) is 16.4. The molecule has 2 atom stereocenters. The van der Waals surface area contributed by atoms with Gasteiger partial charge in [0.2, 0.25) is 5.43 Å². The average molecular weight is 365 g/mol. The Hall–Kier alpha value is -2.06. The fourth-order valence-electron chi connectivity index (χ4n) is 3.35. The fourth-order valence-corrected chi connectivity index (χ4v) is 4.21. The number of carbonyl (C=O) groups is 1. The van der Waals surface area contributed by atoms with E-state index in [1.54, 1.807) is 16.3 Å². The van der Waals surface area contributed by atoms with Crippen LogP contribution in [0.3, 0.4) is 0 Å². The van der Waals surface area contributed by atoms with Crippen molar-refractivity contribution < 1.29 is 23.8 Å². The van der Waals surface area contributed by atoms with Crippen molar-refractivity contribution in [3.05, 3.63) is 39.4 Å². The highest BCUT2D eigenvalue weighted by molar-refractivity contribution is 7.99. The number of hydrogen-bond acceptors (Lipinski definition) is 5. The number of ether oxygens (including phenoxy) is 2. The van der Waals surface area contributed by atoms with E-state index in [1.807, 2.05) is 6.92 Å². The van der Waals surface area contributed by atoms with Crippen LogP contribution in [0.15, 0.2) is 17.1 Å². The monoisotopic (exact) mass is 365 g/mol. The summed E-state index contributed by atoms with van der Waals surface area (Å²) in [6.45, 7) is 2.64. The maximum atomic E-state index is 14.9. The summed E-state index contributed by atoms with van der Waals surface area (Å²) in [5.41, 5.74) is -0.335. The minimum atomic E-state index is -1.33. The number of thioether (sulfide) groups is 1. The Morgan fingerprint density at radius 2 is 2.28 bits per heavy atom.